The van der Waals surface area contributed by atoms with Gasteiger partial charge in [0.2, 0.25) is 5.01 Å². The van der Waals surface area contributed by atoms with Gasteiger partial charge >= 0.3 is 5.97 Å². The van der Waals surface area contributed by atoms with Gasteiger partial charge in [-0.1, -0.05) is 0 Å². The van der Waals surface area contributed by atoms with Gasteiger partial charge in [0.15, 0.2) is 0 Å². The first-order valence-electron chi connectivity index (χ1n) is 4.96. The summed E-state index contributed by atoms with van der Waals surface area (Å²) >= 11 is 1.33. The summed E-state index contributed by atoms with van der Waals surface area (Å²) in [5, 5.41) is 9.08. The van der Waals surface area contributed by atoms with Crippen LogP contribution in [-0.4, -0.2) is 41.1 Å². The summed E-state index contributed by atoms with van der Waals surface area (Å²) in [4.78, 5) is 18.3. The molecule has 0 saturated carbocycles. The van der Waals surface area contributed by atoms with Crippen LogP contribution in [-0.2, 0) is 12.8 Å². The Morgan fingerprint density at radius 1 is 1.60 bits per heavy atom. The maximum absolute atomic E-state index is 10.8. The van der Waals surface area contributed by atoms with Crippen molar-refractivity contribution in [2.24, 2.45) is 0 Å². The monoisotopic (exact) mass is 226 g/mol. The highest BCUT2D eigenvalue weighted by Gasteiger charge is 2.25. The first kappa shape index (κ1) is 10.6. The summed E-state index contributed by atoms with van der Waals surface area (Å²) in [6.07, 6.45) is 2.91. The van der Waals surface area contributed by atoms with Gasteiger partial charge in [-0.15, -0.1) is 11.3 Å². The number of rotatable bonds is 2. The van der Waals surface area contributed by atoms with E-state index in [2.05, 4.69) is 24.0 Å². The number of hydrogen-bond donors (Lipinski definition) is 1. The van der Waals surface area contributed by atoms with Crippen LogP contribution in [0.5, 0.6) is 0 Å². The second-order valence-electron chi connectivity index (χ2n) is 4.05. The minimum absolute atomic E-state index is 0.236. The molecule has 4 nitrogen and oxygen atoms in total. The van der Waals surface area contributed by atoms with Crippen molar-refractivity contribution in [2.45, 2.75) is 25.3 Å². The lowest BCUT2D eigenvalue weighted by Gasteiger charge is -2.27. The van der Waals surface area contributed by atoms with Crippen molar-refractivity contribution < 1.29 is 9.90 Å². The van der Waals surface area contributed by atoms with Crippen LogP contribution in [0, 0.1) is 0 Å². The molecule has 1 unspecified atom stereocenters. The molecule has 0 aromatic carbocycles. The van der Waals surface area contributed by atoms with E-state index in [0.29, 0.717) is 6.04 Å². The number of fused-ring (bicyclic) bond motifs is 1. The summed E-state index contributed by atoms with van der Waals surface area (Å²) in [6.45, 7) is 0. The normalized spacial score (nSPS) is 20.3. The largest absolute Gasteiger partial charge is 0.476 e. The van der Waals surface area contributed by atoms with Crippen molar-refractivity contribution in [1.82, 2.24) is 9.88 Å². The molecule has 0 fully saturated rings. The third-order valence-electron chi connectivity index (χ3n) is 2.83. The highest BCUT2D eigenvalue weighted by molar-refractivity contribution is 7.13. The van der Waals surface area contributed by atoms with Gasteiger partial charge in [-0.3, -0.25) is 0 Å². The fraction of sp³-hybridized carbons (Fsp3) is 0.600. The van der Waals surface area contributed by atoms with Crippen LogP contribution in [0.3, 0.4) is 0 Å². The molecule has 5 heteroatoms. The number of hydrogen-bond acceptors (Lipinski definition) is 4. The van der Waals surface area contributed by atoms with Gasteiger partial charge in [-0.05, 0) is 33.4 Å². The van der Waals surface area contributed by atoms with Gasteiger partial charge in [-0.2, -0.15) is 0 Å². The molecule has 0 saturated heterocycles. The van der Waals surface area contributed by atoms with Crippen molar-refractivity contribution in [2.75, 3.05) is 14.1 Å². The molecule has 1 aliphatic rings. The Hall–Kier alpha value is -0.940. The topological polar surface area (TPSA) is 53.4 Å². The van der Waals surface area contributed by atoms with Crippen molar-refractivity contribution in [3.8, 4) is 0 Å². The van der Waals surface area contributed by atoms with E-state index in [9.17, 15) is 4.79 Å². The molecule has 0 aliphatic heterocycles. The zero-order chi connectivity index (χ0) is 11.0. The summed E-state index contributed by atoms with van der Waals surface area (Å²) in [5.74, 6) is -0.907. The zero-order valence-corrected chi connectivity index (χ0v) is 9.67. The lowest BCUT2D eigenvalue weighted by molar-refractivity contribution is 0.0696. The summed E-state index contributed by atoms with van der Waals surface area (Å²) in [6, 6.07) is 0.527. The molecular weight excluding hydrogens is 212 g/mol. The highest BCUT2D eigenvalue weighted by atomic mass is 32.1. The maximum atomic E-state index is 10.8. The molecule has 1 atom stereocenters. The maximum Gasteiger partial charge on any atom is 0.365 e. The molecule has 2 rings (SSSR count). The lowest BCUT2D eigenvalue weighted by atomic mass is 9.97. The number of aromatic carboxylic acids is 1. The standard InChI is InChI=1S/C10H14N2O2S/c1-12(2)6-3-4-7-8(5-6)15-9(11-7)10(13)14/h6H,3-5H2,1-2H3,(H,13,14). The van der Waals surface area contributed by atoms with Crippen LogP contribution in [0.15, 0.2) is 0 Å². The molecule has 0 amide bonds. The van der Waals surface area contributed by atoms with E-state index < -0.39 is 5.97 Å². The van der Waals surface area contributed by atoms with E-state index in [4.69, 9.17) is 5.11 Å². The van der Waals surface area contributed by atoms with Gasteiger partial charge < -0.3 is 10.0 Å². The average Bonchev–Trinajstić information content (AvgIpc) is 2.59. The Labute approximate surface area is 92.6 Å². The van der Waals surface area contributed by atoms with E-state index in [0.717, 1.165) is 29.8 Å². The lowest BCUT2D eigenvalue weighted by Crippen LogP contribution is -2.32. The molecule has 82 valence electrons. The van der Waals surface area contributed by atoms with Gasteiger partial charge in [0.1, 0.15) is 0 Å². The second kappa shape index (κ2) is 3.90. The third-order valence-corrected chi connectivity index (χ3v) is 3.93. The smallest absolute Gasteiger partial charge is 0.365 e. The SMILES string of the molecule is CN(C)C1CCc2nc(C(=O)O)sc2C1. The Kier molecular flexibility index (Phi) is 2.75. The van der Waals surface area contributed by atoms with Crippen LogP contribution < -0.4 is 0 Å². The van der Waals surface area contributed by atoms with Crippen LogP contribution in [0.2, 0.25) is 0 Å². The molecular formula is C10H14N2O2S. The van der Waals surface area contributed by atoms with E-state index in [1.807, 2.05) is 0 Å². The zero-order valence-electron chi connectivity index (χ0n) is 8.86. The van der Waals surface area contributed by atoms with Crippen molar-refractivity contribution in [3.05, 3.63) is 15.6 Å². The quantitative estimate of drug-likeness (QED) is 0.825. The summed E-state index contributed by atoms with van der Waals surface area (Å²) in [5.41, 5.74) is 0.996. The number of likely N-dealkylation sites (N-methyl/N-ethyl adjacent to an activating group) is 1. The van der Waals surface area contributed by atoms with Gasteiger partial charge in [0, 0.05) is 10.9 Å². The van der Waals surface area contributed by atoms with Crippen LogP contribution in [0.4, 0.5) is 0 Å². The van der Waals surface area contributed by atoms with E-state index in [1.54, 1.807) is 0 Å². The number of carboxylic acid groups (broad SMARTS) is 1. The van der Waals surface area contributed by atoms with E-state index in [1.165, 1.54) is 11.3 Å². The minimum atomic E-state index is -0.907. The van der Waals surface area contributed by atoms with E-state index >= 15 is 0 Å². The highest BCUT2D eigenvalue weighted by Crippen LogP contribution is 2.28. The first-order chi connectivity index (χ1) is 7.08. The number of thiazole rings is 1. The minimum Gasteiger partial charge on any atom is -0.476 e. The van der Waals surface area contributed by atoms with Crippen molar-refractivity contribution in [1.29, 1.82) is 0 Å². The Morgan fingerprint density at radius 2 is 2.33 bits per heavy atom. The molecule has 1 heterocycles. The Bertz CT molecular complexity index is 387. The van der Waals surface area contributed by atoms with Crippen LogP contribution in [0.1, 0.15) is 26.8 Å². The molecule has 1 aromatic rings. The van der Waals surface area contributed by atoms with Crippen molar-refractivity contribution in [3.63, 3.8) is 0 Å². The summed E-state index contributed by atoms with van der Waals surface area (Å²) in [7, 11) is 4.13. The molecule has 0 radical (unpaired) electrons. The fourth-order valence-corrected chi connectivity index (χ4v) is 2.91. The number of aryl methyl sites for hydroxylation is 1. The van der Waals surface area contributed by atoms with Gasteiger partial charge in [-0.25, -0.2) is 9.78 Å². The molecule has 1 aliphatic carbocycles. The molecule has 0 bridgehead atoms. The number of carbonyl (C=O) groups is 1. The predicted octanol–water partition coefficient (Wildman–Crippen LogP) is 1.26. The van der Waals surface area contributed by atoms with Crippen LogP contribution in [0.25, 0.3) is 0 Å². The Balaban J connectivity index is 2.23. The molecule has 0 spiro atoms. The Morgan fingerprint density at radius 3 is 2.93 bits per heavy atom. The number of carboxylic acids is 1. The number of aromatic nitrogens is 1. The van der Waals surface area contributed by atoms with Gasteiger partial charge in [0.25, 0.3) is 0 Å². The second-order valence-corrected chi connectivity index (χ2v) is 5.14. The number of nitrogens with zero attached hydrogens (tertiary/aromatic N) is 2. The van der Waals surface area contributed by atoms with Crippen LogP contribution >= 0.6 is 11.3 Å². The molecule has 15 heavy (non-hydrogen) atoms. The predicted molar refractivity (Wildman–Crippen MR) is 58.6 cm³/mol. The fourth-order valence-electron chi connectivity index (χ4n) is 1.89. The van der Waals surface area contributed by atoms with Crippen molar-refractivity contribution >= 4 is 17.3 Å². The van der Waals surface area contributed by atoms with E-state index in [-0.39, 0.29) is 5.01 Å². The third kappa shape index (κ3) is 2.03. The molecule has 1 N–H and O–H groups in total. The first-order valence-corrected chi connectivity index (χ1v) is 5.78. The summed E-state index contributed by atoms with van der Waals surface area (Å²) < 4.78 is 0. The molecule has 1 aromatic heterocycles. The average molecular weight is 226 g/mol. The van der Waals surface area contributed by atoms with Gasteiger partial charge in [0.05, 0.1) is 5.69 Å².